The van der Waals surface area contributed by atoms with E-state index in [1.807, 2.05) is 6.07 Å². The smallest absolute Gasteiger partial charge is 0.0820 e. The zero-order valence-corrected chi connectivity index (χ0v) is 11.9. The van der Waals surface area contributed by atoms with Crippen LogP contribution in [-0.2, 0) is 6.42 Å². The molecule has 0 fully saturated rings. The van der Waals surface area contributed by atoms with Crippen molar-refractivity contribution in [1.29, 1.82) is 0 Å². The number of fused-ring (bicyclic) bond motifs is 1. The second-order valence-electron chi connectivity index (χ2n) is 6.90. The van der Waals surface area contributed by atoms with Gasteiger partial charge in [-0.1, -0.05) is 51.5 Å². The van der Waals surface area contributed by atoms with E-state index >= 15 is 0 Å². The number of aryl methyl sites for hydroxylation is 1. The molecule has 2 rings (SSSR count). The van der Waals surface area contributed by atoms with E-state index in [-0.39, 0.29) is 6.10 Å². The van der Waals surface area contributed by atoms with Crippen molar-refractivity contribution in [2.45, 2.75) is 59.0 Å². The van der Waals surface area contributed by atoms with Crippen LogP contribution >= 0.6 is 0 Å². The van der Waals surface area contributed by atoms with E-state index in [2.05, 4.69) is 39.0 Å². The zero-order valence-electron chi connectivity index (χ0n) is 11.9. The minimum Gasteiger partial charge on any atom is -0.388 e. The maximum Gasteiger partial charge on any atom is 0.0820 e. The van der Waals surface area contributed by atoms with Crippen molar-refractivity contribution in [2.24, 2.45) is 11.3 Å². The molecule has 0 aliphatic heterocycles. The molecule has 0 amide bonds. The molecular formula is C17H26O. The van der Waals surface area contributed by atoms with Crippen LogP contribution < -0.4 is 0 Å². The van der Waals surface area contributed by atoms with Crippen molar-refractivity contribution in [3.63, 3.8) is 0 Å². The van der Waals surface area contributed by atoms with Gasteiger partial charge in [-0.2, -0.15) is 0 Å². The lowest BCUT2D eigenvalue weighted by Crippen LogP contribution is -2.21. The van der Waals surface area contributed by atoms with Gasteiger partial charge in [0.1, 0.15) is 0 Å². The van der Waals surface area contributed by atoms with Crippen molar-refractivity contribution in [1.82, 2.24) is 0 Å². The van der Waals surface area contributed by atoms with Crippen LogP contribution in [0, 0.1) is 11.3 Å². The maximum absolute atomic E-state index is 10.5. The summed E-state index contributed by atoms with van der Waals surface area (Å²) >= 11 is 0. The summed E-state index contributed by atoms with van der Waals surface area (Å²) in [6.45, 7) is 6.87. The van der Waals surface area contributed by atoms with E-state index in [0.29, 0.717) is 11.3 Å². The van der Waals surface area contributed by atoms with Crippen LogP contribution in [0.15, 0.2) is 24.3 Å². The summed E-state index contributed by atoms with van der Waals surface area (Å²) in [5, 5.41) is 10.5. The number of aliphatic hydroxyl groups is 1. The number of rotatable bonds is 3. The molecule has 18 heavy (non-hydrogen) atoms. The number of benzene rings is 1. The molecule has 2 atom stereocenters. The summed E-state index contributed by atoms with van der Waals surface area (Å²) in [7, 11) is 0. The average Bonchev–Trinajstić information content (AvgIpc) is 2.31. The molecule has 1 aromatic rings. The first kappa shape index (κ1) is 13.6. The molecular weight excluding hydrogens is 220 g/mol. The van der Waals surface area contributed by atoms with Gasteiger partial charge in [-0.15, -0.1) is 0 Å². The molecule has 1 heteroatoms. The maximum atomic E-state index is 10.5. The van der Waals surface area contributed by atoms with Crippen LogP contribution in [0.3, 0.4) is 0 Å². The van der Waals surface area contributed by atoms with Crippen molar-refractivity contribution in [3.8, 4) is 0 Å². The molecule has 0 heterocycles. The van der Waals surface area contributed by atoms with Gasteiger partial charge in [-0.25, -0.2) is 0 Å². The fourth-order valence-corrected chi connectivity index (χ4v) is 3.00. The van der Waals surface area contributed by atoms with Gasteiger partial charge in [-0.3, -0.25) is 0 Å². The minimum atomic E-state index is -0.241. The average molecular weight is 246 g/mol. The lowest BCUT2D eigenvalue weighted by atomic mass is 9.78. The Morgan fingerprint density at radius 2 is 1.94 bits per heavy atom. The first-order valence-corrected chi connectivity index (χ1v) is 7.23. The lowest BCUT2D eigenvalue weighted by Gasteiger charge is -2.31. The van der Waals surface area contributed by atoms with E-state index in [1.54, 1.807) is 0 Å². The zero-order chi connectivity index (χ0) is 13.2. The van der Waals surface area contributed by atoms with Gasteiger partial charge >= 0.3 is 0 Å². The highest BCUT2D eigenvalue weighted by Crippen LogP contribution is 2.37. The molecule has 0 bridgehead atoms. The van der Waals surface area contributed by atoms with Crippen LogP contribution in [0.2, 0.25) is 0 Å². The largest absolute Gasteiger partial charge is 0.388 e. The third-order valence-corrected chi connectivity index (χ3v) is 4.11. The van der Waals surface area contributed by atoms with Crippen LogP contribution in [-0.4, -0.2) is 5.11 Å². The molecule has 1 N–H and O–H groups in total. The van der Waals surface area contributed by atoms with Crippen molar-refractivity contribution in [3.05, 3.63) is 35.4 Å². The molecule has 0 aromatic heterocycles. The van der Waals surface area contributed by atoms with Crippen molar-refractivity contribution < 1.29 is 5.11 Å². The Bertz CT molecular complexity index is 389. The normalized spacial score (nSPS) is 23.8. The number of aliphatic hydroxyl groups excluding tert-OH is 1. The highest BCUT2D eigenvalue weighted by atomic mass is 16.3. The van der Waals surface area contributed by atoms with Gasteiger partial charge in [0.25, 0.3) is 0 Å². The summed E-state index contributed by atoms with van der Waals surface area (Å²) in [6.07, 6.45) is 5.67. The number of hydrogen-bond donors (Lipinski definition) is 1. The molecule has 0 saturated heterocycles. The van der Waals surface area contributed by atoms with Gasteiger partial charge in [0.05, 0.1) is 6.10 Å². The van der Waals surface area contributed by atoms with E-state index < -0.39 is 0 Å². The fourth-order valence-electron chi connectivity index (χ4n) is 3.00. The predicted molar refractivity (Wildman–Crippen MR) is 76.5 cm³/mol. The Hall–Kier alpha value is -0.820. The van der Waals surface area contributed by atoms with E-state index in [0.717, 1.165) is 19.3 Å². The van der Waals surface area contributed by atoms with Crippen LogP contribution in [0.5, 0.6) is 0 Å². The SMILES string of the molecule is CC(C)(C)CCCC1CCc2ccccc2C1O. The van der Waals surface area contributed by atoms with Crippen LogP contribution in [0.1, 0.15) is 63.7 Å². The molecule has 0 saturated carbocycles. The summed E-state index contributed by atoms with van der Waals surface area (Å²) in [5.74, 6) is 0.460. The molecule has 2 unspecified atom stereocenters. The Balaban J connectivity index is 1.93. The fraction of sp³-hybridized carbons (Fsp3) is 0.647. The summed E-state index contributed by atoms with van der Waals surface area (Å²) in [5.41, 5.74) is 2.93. The second-order valence-corrected chi connectivity index (χ2v) is 6.90. The predicted octanol–water partition coefficient (Wildman–Crippen LogP) is 4.50. The number of hydrogen-bond acceptors (Lipinski definition) is 1. The highest BCUT2D eigenvalue weighted by molar-refractivity contribution is 5.31. The Kier molecular flexibility index (Phi) is 4.11. The molecule has 1 aliphatic carbocycles. The van der Waals surface area contributed by atoms with Gasteiger partial charge in [0.15, 0.2) is 0 Å². The van der Waals surface area contributed by atoms with Gasteiger partial charge in [0, 0.05) is 0 Å². The topological polar surface area (TPSA) is 20.2 Å². The minimum absolute atomic E-state index is 0.241. The first-order valence-electron chi connectivity index (χ1n) is 7.23. The van der Waals surface area contributed by atoms with Gasteiger partial charge in [0.2, 0.25) is 0 Å². The first-order chi connectivity index (χ1) is 8.47. The molecule has 1 aromatic carbocycles. The molecule has 0 radical (unpaired) electrons. The summed E-state index contributed by atoms with van der Waals surface area (Å²) in [4.78, 5) is 0. The Morgan fingerprint density at radius 1 is 1.22 bits per heavy atom. The van der Waals surface area contributed by atoms with Gasteiger partial charge in [-0.05, 0) is 48.1 Å². The Labute approximate surface area is 111 Å². The van der Waals surface area contributed by atoms with Gasteiger partial charge < -0.3 is 5.11 Å². The van der Waals surface area contributed by atoms with E-state index in [4.69, 9.17) is 0 Å². The highest BCUT2D eigenvalue weighted by Gasteiger charge is 2.27. The van der Waals surface area contributed by atoms with Crippen molar-refractivity contribution in [2.75, 3.05) is 0 Å². The quantitative estimate of drug-likeness (QED) is 0.832. The lowest BCUT2D eigenvalue weighted by molar-refractivity contribution is 0.0851. The third kappa shape index (κ3) is 3.35. The van der Waals surface area contributed by atoms with Crippen LogP contribution in [0.4, 0.5) is 0 Å². The summed E-state index contributed by atoms with van der Waals surface area (Å²) in [6, 6.07) is 8.37. The standard InChI is InChI=1S/C17H26O/c1-17(2,3)12-6-8-14-11-10-13-7-4-5-9-15(13)16(14)18/h4-5,7,9,14,16,18H,6,8,10-12H2,1-3H3. The molecule has 1 nitrogen and oxygen atoms in total. The molecule has 1 aliphatic rings. The third-order valence-electron chi connectivity index (χ3n) is 4.11. The summed E-state index contributed by atoms with van der Waals surface area (Å²) < 4.78 is 0. The molecule has 100 valence electrons. The van der Waals surface area contributed by atoms with Crippen molar-refractivity contribution >= 4 is 0 Å². The van der Waals surface area contributed by atoms with Crippen LogP contribution in [0.25, 0.3) is 0 Å². The second kappa shape index (κ2) is 5.44. The van der Waals surface area contributed by atoms with E-state index in [9.17, 15) is 5.11 Å². The Morgan fingerprint density at radius 3 is 2.67 bits per heavy atom. The monoisotopic (exact) mass is 246 g/mol. The van der Waals surface area contributed by atoms with E-state index in [1.165, 1.54) is 24.0 Å². The molecule has 0 spiro atoms.